The zero-order valence-corrected chi connectivity index (χ0v) is 14.3. The van der Waals surface area contributed by atoms with Gasteiger partial charge in [0.15, 0.2) is 11.7 Å². The Kier molecular flexibility index (Phi) is 8.57. The van der Waals surface area contributed by atoms with Crippen molar-refractivity contribution in [3.63, 3.8) is 0 Å². The van der Waals surface area contributed by atoms with Gasteiger partial charge in [-0.15, -0.1) is 0 Å². The van der Waals surface area contributed by atoms with E-state index >= 15 is 0 Å². The lowest BCUT2D eigenvalue weighted by Crippen LogP contribution is -3.05. The fourth-order valence-corrected chi connectivity index (χ4v) is 1.90. The predicted molar refractivity (Wildman–Crippen MR) is 91.1 cm³/mol. The average molecular weight is 346 g/mol. The zero-order chi connectivity index (χ0) is 16.4. The maximum Gasteiger partial charge on any atom is 0.276 e. The Morgan fingerprint density at radius 2 is 2.05 bits per heavy atom. The number of quaternary nitrogens is 1. The van der Waals surface area contributed by atoms with Crippen LogP contribution in [0.3, 0.4) is 0 Å². The molecular weight excluding hydrogens is 324 g/mol. The summed E-state index contributed by atoms with van der Waals surface area (Å²) >= 11 is 11.0. The number of amides is 1. The van der Waals surface area contributed by atoms with Gasteiger partial charge in [-0.25, -0.2) is 0 Å². The number of nitrogens with one attached hydrogen (secondary N) is 4. The molecule has 0 saturated carbocycles. The maximum atomic E-state index is 11.6. The second kappa shape index (κ2) is 10.2. The quantitative estimate of drug-likeness (QED) is 0.312. The predicted octanol–water partition coefficient (Wildman–Crippen LogP) is -0.251. The van der Waals surface area contributed by atoms with Crippen LogP contribution in [-0.4, -0.2) is 44.8 Å². The lowest BCUT2D eigenvalue weighted by Gasteiger charge is -2.13. The highest BCUT2D eigenvalue weighted by molar-refractivity contribution is 7.80. The minimum Gasteiger partial charge on any atom is -0.482 e. The van der Waals surface area contributed by atoms with Crippen LogP contribution in [0.1, 0.15) is 6.42 Å². The molecule has 0 aromatic heterocycles. The highest BCUT2D eigenvalue weighted by atomic mass is 35.5. The number of carbonyl (C=O) groups excluding carboxylic acids is 1. The van der Waals surface area contributed by atoms with Crippen LogP contribution in [0, 0.1) is 0 Å². The summed E-state index contributed by atoms with van der Waals surface area (Å²) in [6.07, 6.45) is 0.994. The molecule has 1 aromatic carbocycles. The minimum absolute atomic E-state index is 0.149. The molecule has 1 aromatic rings. The molecule has 8 heteroatoms. The lowest BCUT2D eigenvalue weighted by atomic mass is 10.3. The molecule has 4 N–H and O–H groups in total. The molecule has 22 heavy (non-hydrogen) atoms. The van der Waals surface area contributed by atoms with Gasteiger partial charge < -0.3 is 15.0 Å². The standard InChI is InChI=1S/C14H21ClN4O2S/c1-19(2)9-5-8-16-14(22)18-17-13(20)10-21-12-7-4-3-6-11(12)15/h3-4,6-7H,5,8-10H2,1-2H3,(H,17,20)(H2,16,18,22)/p+1. The van der Waals surface area contributed by atoms with E-state index in [2.05, 4.69) is 30.3 Å². The second-order valence-corrected chi connectivity index (χ2v) is 5.77. The van der Waals surface area contributed by atoms with Gasteiger partial charge in [0.25, 0.3) is 5.91 Å². The number of hydrogen-bond acceptors (Lipinski definition) is 3. The van der Waals surface area contributed by atoms with E-state index in [0.717, 1.165) is 19.5 Å². The Labute approximate surface area is 141 Å². The molecule has 1 rings (SSSR count). The SMILES string of the molecule is C[NH+](C)CCCNC(=S)NNC(=O)COc1ccccc1Cl. The number of benzene rings is 1. The lowest BCUT2D eigenvalue weighted by molar-refractivity contribution is -0.858. The van der Waals surface area contributed by atoms with Gasteiger partial charge >= 0.3 is 0 Å². The summed E-state index contributed by atoms with van der Waals surface area (Å²) in [6.45, 7) is 1.65. The van der Waals surface area contributed by atoms with Crippen molar-refractivity contribution in [2.24, 2.45) is 0 Å². The smallest absolute Gasteiger partial charge is 0.276 e. The summed E-state index contributed by atoms with van der Waals surface area (Å²) in [5, 5.41) is 3.84. The van der Waals surface area contributed by atoms with Crippen LogP contribution in [0.2, 0.25) is 5.02 Å². The van der Waals surface area contributed by atoms with Gasteiger partial charge in [0, 0.05) is 13.0 Å². The average Bonchev–Trinajstić information content (AvgIpc) is 2.48. The van der Waals surface area contributed by atoms with Gasteiger partial charge in [0.1, 0.15) is 5.75 Å². The van der Waals surface area contributed by atoms with E-state index in [4.69, 9.17) is 28.6 Å². The normalized spacial score (nSPS) is 10.2. The van der Waals surface area contributed by atoms with Gasteiger partial charge in [0.2, 0.25) is 0 Å². The molecule has 0 aliphatic rings. The summed E-state index contributed by atoms with van der Waals surface area (Å²) in [6, 6.07) is 6.97. The van der Waals surface area contributed by atoms with Crippen molar-refractivity contribution in [2.45, 2.75) is 6.42 Å². The molecule has 1 amide bonds. The zero-order valence-electron chi connectivity index (χ0n) is 12.7. The Bertz CT molecular complexity index is 499. The summed E-state index contributed by atoms with van der Waals surface area (Å²) < 4.78 is 5.31. The van der Waals surface area contributed by atoms with Gasteiger partial charge in [-0.1, -0.05) is 23.7 Å². The van der Waals surface area contributed by atoms with Crippen molar-refractivity contribution >= 4 is 34.8 Å². The van der Waals surface area contributed by atoms with Crippen molar-refractivity contribution in [1.29, 1.82) is 0 Å². The van der Waals surface area contributed by atoms with Gasteiger partial charge in [-0.05, 0) is 24.4 Å². The molecule has 0 saturated heterocycles. The second-order valence-electron chi connectivity index (χ2n) is 4.96. The highest BCUT2D eigenvalue weighted by Crippen LogP contribution is 2.22. The van der Waals surface area contributed by atoms with E-state index in [1.165, 1.54) is 4.90 Å². The fourth-order valence-electron chi connectivity index (χ4n) is 1.56. The number of para-hydroxylation sites is 1. The third-order valence-electron chi connectivity index (χ3n) is 2.65. The van der Waals surface area contributed by atoms with Gasteiger partial charge in [-0.3, -0.25) is 15.6 Å². The first-order chi connectivity index (χ1) is 10.5. The molecule has 0 aliphatic carbocycles. The van der Waals surface area contributed by atoms with E-state index in [1.807, 2.05) is 0 Å². The molecule has 0 spiro atoms. The molecule has 0 unspecified atom stereocenters. The van der Waals surface area contributed by atoms with E-state index in [-0.39, 0.29) is 12.5 Å². The molecule has 0 atom stereocenters. The minimum atomic E-state index is -0.346. The number of rotatable bonds is 7. The first kappa shape index (κ1) is 18.5. The van der Waals surface area contributed by atoms with E-state index in [0.29, 0.717) is 15.9 Å². The van der Waals surface area contributed by atoms with Crippen molar-refractivity contribution in [3.8, 4) is 5.75 Å². The highest BCUT2D eigenvalue weighted by Gasteiger charge is 2.05. The van der Waals surface area contributed by atoms with Gasteiger partial charge in [-0.2, -0.15) is 0 Å². The Morgan fingerprint density at radius 3 is 2.73 bits per heavy atom. The molecule has 0 aliphatic heterocycles. The first-order valence-corrected chi connectivity index (χ1v) is 7.76. The van der Waals surface area contributed by atoms with Gasteiger partial charge in [0.05, 0.1) is 25.7 Å². The molecule has 0 bridgehead atoms. The van der Waals surface area contributed by atoms with Crippen LogP contribution < -0.4 is 25.8 Å². The van der Waals surface area contributed by atoms with E-state index < -0.39 is 0 Å². The first-order valence-electron chi connectivity index (χ1n) is 6.98. The summed E-state index contributed by atoms with van der Waals surface area (Å²) in [4.78, 5) is 13.0. The number of carbonyl (C=O) groups is 1. The Balaban J connectivity index is 2.15. The molecule has 0 fully saturated rings. The van der Waals surface area contributed by atoms with Crippen LogP contribution in [0.25, 0.3) is 0 Å². The summed E-state index contributed by atoms with van der Waals surface area (Å²) in [5.74, 6) is 0.119. The largest absolute Gasteiger partial charge is 0.482 e. The number of hydrazine groups is 1. The van der Waals surface area contributed by atoms with Crippen LogP contribution in [0.15, 0.2) is 24.3 Å². The van der Waals surface area contributed by atoms with Crippen molar-refractivity contribution < 1.29 is 14.4 Å². The number of hydrogen-bond donors (Lipinski definition) is 4. The number of thiocarbonyl (C=S) groups is 1. The topological polar surface area (TPSA) is 66.8 Å². The summed E-state index contributed by atoms with van der Waals surface area (Å²) in [7, 11) is 4.19. The molecule has 0 radical (unpaired) electrons. The number of ether oxygens (including phenoxy) is 1. The van der Waals surface area contributed by atoms with Crippen molar-refractivity contribution in [2.75, 3.05) is 33.8 Å². The number of halogens is 1. The third-order valence-corrected chi connectivity index (χ3v) is 3.21. The van der Waals surface area contributed by atoms with Crippen molar-refractivity contribution in [1.82, 2.24) is 16.2 Å². The van der Waals surface area contributed by atoms with E-state index in [1.54, 1.807) is 24.3 Å². The van der Waals surface area contributed by atoms with Crippen LogP contribution in [-0.2, 0) is 4.79 Å². The molecular formula is C14H22ClN4O2S+. The van der Waals surface area contributed by atoms with Crippen LogP contribution in [0.4, 0.5) is 0 Å². The maximum absolute atomic E-state index is 11.6. The Hall–Kier alpha value is -1.57. The fraction of sp³-hybridized carbons (Fsp3) is 0.429. The van der Waals surface area contributed by atoms with Crippen LogP contribution in [0.5, 0.6) is 5.75 Å². The summed E-state index contributed by atoms with van der Waals surface area (Å²) in [5.41, 5.74) is 5.08. The third kappa shape index (κ3) is 8.02. The van der Waals surface area contributed by atoms with Crippen molar-refractivity contribution in [3.05, 3.63) is 29.3 Å². The molecule has 122 valence electrons. The molecule has 0 heterocycles. The molecule has 6 nitrogen and oxygen atoms in total. The van der Waals surface area contributed by atoms with Crippen LogP contribution >= 0.6 is 23.8 Å². The Morgan fingerprint density at radius 1 is 1.32 bits per heavy atom. The van der Waals surface area contributed by atoms with E-state index in [9.17, 15) is 4.79 Å². The monoisotopic (exact) mass is 345 g/mol.